The van der Waals surface area contributed by atoms with Gasteiger partial charge in [0.15, 0.2) is 0 Å². The summed E-state index contributed by atoms with van der Waals surface area (Å²) in [7, 11) is 0. The summed E-state index contributed by atoms with van der Waals surface area (Å²) < 4.78 is 4.92. The van der Waals surface area contributed by atoms with Crippen molar-refractivity contribution < 1.29 is 23.7 Å². The van der Waals surface area contributed by atoms with Crippen molar-refractivity contribution >= 4 is 0 Å². The highest BCUT2D eigenvalue weighted by Gasteiger charge is 2.18. The minimum atomic E-state index is -0.441. The van der Waals surface area contributed by atoms with Gasteiger partial charge in [-0.15, -0.1) is 0 Å². The van der Waals surface area contributed by atoms with E-state index in [1.54, 1.807) is 0 Å². The van der Waals surface area contributed by atoms with Gasteiger partial charge < -0.3 is 28.0 Å². The number of hydrogen-bond donors (Lipinski definition) is 2. The van der Waals surface area contributed by atoms with Crippen LogP contribution in [0.25, 0.3) is 0 Å². The van der Waals surface area contributed by atoms with Crippen LogP contribution in [0, 0.1) is 0 Å². The Bertz CT molecular complexity index is 76.0. The third kappa shape index (κ3) is 2.49. The molecule has 1 aliphatic heterocycles. The molecule has 1 rings (SSSR count). The third-order valence-electron chi connectivity index (χ3n) is 1.38. The number of rotatable bonds is 0. The molecule has 0 aromatic heterocycles. The number of aliphatic hydroxyl groups is 1. The van der Waals surface area contributed by atoms with Crippen LogP contribution in [0.3, 0.4) is 0 Å². The van der Waals surface area contributed by atoms with E-state index in [-0.39, 0.29) is 19.9 Å². The molecule has 0 aromatic rings. The first-order valence-electron chi connectivity index (χ1n) is 2.82. The summed E-state index contributed by atoms with van der Waals surface area (Å²) in [6.45, 7) is 1.10. The monoisotopic (exact) mass is 153 g/mol. The van der Waals surface area contributed by atoms with Crippen LogP contribution >= 0.6 is 0 Å². The van der Waals surface area contributed by atoms with Crippen LogP contribution in [0.1, 0.15) is 7.85 Å². The largest absolute Gasteiger partial charge is 1.00 e. The summed E-state index contributed by atoms with van der Waals surface area (Å²) >= 11 is 0. The van der Waals surface area contributed by atoms with E-state index in [9.17, 15) is 0 Å². The first-order chi connectivity index (χ1) is 3.80. The summed E-state index contributed by atoms with van der Waals surface area (Å²) in [5, 5.41) is 8.93. The molecule has 1 saturated heterocycles. The van der Waals surface area contributed by atoms with Crippen molar-refractivity contribution in [1.82, 2.24) is 0 Å². The van der Waals surface area contributed by atoms with Crippen LogP contribution in [-0.4, -0.2) is 30.5 Å². The Morgan fingerprint density at radius 1 is 1.67 bits per heavy atom. The average Bonchev–Trinajstić information content (AvgIpc) is 1.77. The number of ether oxygens (including phenoxy) is 1. The maximum absolute atomic E-state index is 8.93. The van der Waals surface area contributed by atoms with Crippen molar-refractivity contribution in [2.75, 3.05) is 13.2 Å². The van der Waals surface area contributed by atoms with Crippen molar-refractivity contribution in [1.29, 1.82) is 0 Å². The summed E-state index contributed by atoms with van der Waals surface area (Å²) in [6.07, 6.45) is 0.338. The van der Waals surface area contributed by atoms with Crippen molar-refractivity contribution in [3.8, 4) is 0 Å². The van der Waals surface area contributed by atoms with Crippen LogP contribution in [0.5, 0.6) is 0 Å². The first kappa shape index (κ1) is 9.17. The molecule has 56 valence electrons. The molecule has 1 aliphatic rings. The zero-order chi connectivity index (χ0) is 5.98. The molecule has 4 heteroatoms. The first-order valence-corrected chi connectivity index (χ1v) is 2.82. The van der Waals surface area contributed by atoms with Gasteiger partial charge in [-0.25, -0.2) is 0 Å². The average molecular weight is 154 g/mol. The van der Waals surface area contributed by atoms with Gasteiger partial charge in [0.2, 0.25) is 0 Å². The van der Waals surface area contributed by atoms with E-state index in [0.717, 1.165) is 6.42 Å². The molecule has 0 amide bonds. The zero-order valence-corrected chi connectivity index (χ0v) is 5.84. The lowest BCUT2D eigenvalue weighted by atomic mass is 10.1. The normalized spacial score (nSPS) is 35.3. The van der Waals surface area contributed by atoms with Crippen molar-refractivity contribution in [2.24, 2.45) is 5.73 Å². The number of hydrogen-bond acceptors (Lipinski definition) is 3. The fourth-order valence-electron chi connectivity index (χ4n) is 0.739. The fourth-order valence-corrected chi connectivity index (χ4v) is 0.739. The van der Waals surface area contributed by atoms with E-state index in [2.05, 4.69) is 0 Å². The highest BCUT2D eigenvalue weighted by Crippen LogP contribution is 2.03. The summed E-state index contributed by atoms with van der Waals surface area (Å²) in [4.78, 5) is 0. The molecule has 0 spiro atoms. The SMILES string of the molecule is N[C@@H]1CCOC[C@@H]1O.[Cl-].[H+]. The maximum Gasteiger partial charge on any atom is 1.00 e. The predicted molar refractivity (Wildman–Crippen MR) is 30.5 cm³/mol. The molecule has 3 nitrogen and oxygen atoms in total. The Labute approximate surface area is 62.1 Å². The standard InChI is InChI=1S/C5H11NO2.ClH/c6-4-1-2-8-3-5(4)7;/h4-5,7H,1-3,6H2;1H/t4-,5+;/m1./s1. The van der Waals surface area contributed by atoms with Gasteiger partial charge in [0.1, 0.15) is 0 Å². The Hall–Kier alpha value is 0.170. The number of nitrogens with two attached hydrogens (primary N) is 1. The molecule has 0 saturated carbocycles. The fraction of sp³-hybridized carbons (Fsp3) is 1.00. The van der Waals surface area contributed by atoms with E-state index in [1.165, 1.54) is 0 Å². The second-order valence-electron chi connectivity index (χ2n) is 2.09. The molecule has 1 heterocycles. The quantitative estimate of drug-likeness (QED) is 0.376. The Balaban J connectivity index is 0. The topological polar surface area (TPSA) is 55.5 Å². The van der Waals surface area contributed by atoms with Gasteiger partial charge in [-0.05, 0) is 6.42 Å². The lowest BCUT2D eigenvalue weighted by molar-refractivity contribution is -0.0182. The van der Waals surface area contributed by atoms with Gasteiger partial charge in [-0.3, -0.25) is 0 Å². The molecular formula is C5H12ClNO2. The van der Waals surface area contributed by atoms with Crippen LogP contribution in [-0.2, 0) is 4.74 Å². The zero-order valence-electron chi connectivity index (χ0n) is 6.09. The summed E-state index contributed by atoms with van der Waals surface area (Å²) in [5.74, 6) is 0. The van der Waals surface area contributed by atoms with Gasteiger partial charge in [0.25, 0.3) is 0 Å². The minimum Gasteiger partial charge on any atom is -1.00 e. The molecule has 3 N–H and O–H groups in total. The maximum atomic E-state index is 8.93. The molecule has 2 atom stereocenters. The van der Waals surface area contributed by atoms with Crippen LogP contribution in [0.2, 0.25) is 0 Å². The number of halogens is 1. The predicted octanol–water partition coefficient (Wildman–Crippen LogP) is -3.79. The highest BCUT2D eigenvalue weighted by molar-refractivity contribution is 4.74. The lowest BCUT2D eigenvalue weighted by Crippen LogP contribution is -3.00. The molecular weight excluding hydrogens is 142 g/mol. The second-order valence-corrected chi connectivity index (χ2v) is 2.09. The third-order valence-corrected chi connectivity index (χ3v) is 1.38. The van der Waals surface area contributed by atoms with Crippen molar-refractivity contribution in [3.63, 3.8) is 0 Å². The van der Waals surface area contributed by atoms with Crippen LogP contribution in [0.15, 0.2) is 0 Å². The highest BCUT2D eigenvalue weighted by atomic mass is 35.5. The molecule has 0 aliphatic carbocycles. The lowest BCUT2D eigenvalue weighted by Gasteiger charge is -2.23. The molecule has 9 heavy (non-hydrogen) atoms. The Morgan fingerprint density at radius 2 is 2.33 bits per heavy atom. The van der Waals surface area contributed by atoms with Gasteiger partial charge in [0, 0.05) is 12.6 Å². The van der Waals surface area contributed by atoms with E-state index in [0.29, 0.717) is 13.2 Å². The Morgan fingerprint density at radius 3 is 2.67 bits per heavy atom. The summed E-state index contributed by atoms with van der Waals surface area (Å²) in [6, 6.07) is -0.0660. The van der Waals surface area contributed by atoms with Crippen LogP contribution < -0.4 is 18.1 Å². The smallest absolute Gasteiger partial charge is 1.00 e. The van der Waals surface area contributed by atoms with E-state index in [1.807, 2.05) is 0 Å². The molecule has 0 aromatic carbocycles. The van der Waals surface area contributed by atoms with Crippen LogP contribution in [0.4, 0.5) is 0 Å². The van der Waals surface area contributed by atoms with Crippen molar-refractivity contribution in [2.45, 2.75) is 18.6 Å². The van der Waals surface area contributed by atoms with E-state index in [4.69, 9.17) is 15.6 Å². The number of aliphatic hydroxyl groups excluding tert-OH is 1. The second kappa shape index (κ2) is 4.06. The Kier molecular flexibility index (Phi) is 4.14. The van der Waals surface area contributed by atoms with Gasteiger partial charge in [-0.1, -0.05) is 0 Å². The van der Waals surface area contributed by atoms with E-state index < -0.39 is 6.10 Å². The molecule has 0 unspecified atom stereocenters. The van der Waals surface area contributed by atoms with Gasteiger partial charge in [0.05, 0.1) is 12.7 Å². The minimum absolute atomic E-state index is 0. The molecule has 0 bridgehead atoms. The molecule has 1 fully saturated rings. The van der Waals surface area contributed by atoms with Crippen molar-refractivity contribution in [3.05, 3.63) is 0 Å². The molecule has 0 radical (unpaired) electrons. The summed E-state index contributed by atoms with van der Waals surface area (Å²) in [5.41, 5.74) is 5.45. The van der Waals surface area contributed by atoms with Gasteiger partial charge in [-0.2, -0.15) is 0 Å². The van der Waals surface area contributed by atoms with Gasteiger partial charge >= 0.3 is 1.43 Å². The van der Waals surface area contributed by atoms with E-state index >= 15 is 0 Å².